The number of rotatable bonds is 8. The number of aromatic nitrogens is 1. The van der Waals surface area contributed by atoms with Gasteiger partial charge in [-0.15, -0.1) is 0 Å². The van der Waals surface area contributed by atoms with Crippen molar-refractivity contribution in [1.29, 1.82) is 0 Å². The average Bonchev–Trinajstić information content (AvgIpc) is 3.21. The number of H-pyrrole nitrogens is 1. The monoisotopic (exact) mass is 398 g/mol. The number of hydrogen-bond donors (Lipinski definition) is 2. The van der Waals surface area contributed by atoms with Crippen molar-refractivity contribution in [2.75, 3.05) is 12.4 Å². The molecule has 4 nitrogen and oxygen atoms in total. The van der Waals surface area contributed by atoms with Crippen LogP contribution in [0.15, 0.2) is 85.1 Å². The molecule has 1 heterocycles. The standard InChI is InChI=1S/C26H26N2O2/c1-30-22-14-15-25-23(17-22)24(18-27-25)20(13-12-19-8-4-2-5-9-19)16-26(29)28-21-10-6-3-7-11-21/h2-11,14-15,17-18,20,27H,12-13,16H2,1H3,(H,28,29)/t20-/m0/s1. The molecule has 3 aromatic carbocycles. The maximum atomic E-state index is 12.8. The van der Waals surface area contributed by atoms with Gasteiger partial charge in [-0.25, -0.2) is 0 Å². The molecular weight excluding hydrogens is 372 g/mol. The van der Waals surface area contributed by atoms with Crippen LogP contribution >= 0.6 is 0 Å². The number of methoxy groups -OCH3 is 1. The third-order valence-electron chi connectivity index (χ3n) is 5.47. The number of hydrogen-bond acceptors (Lipinski definition) is 2. The second kappa shape index (κ2) is 9.31. The first kappa shape index (κ1) is 19.8. The average molecular weight is 399 g/mol. The molecule has 4 rings (SSSR count). The molecule has 1 atom stereocenters. The summed E-state index contributed by atoms with van der Waals surface area (Å²) in [6.07, 6.45) is 4.26. The molecule has 30 heavy (non-hydrogen) atoms. The maximum Gasteiger partial charge on any atom is 0.224 e. The molecule has 152 valence electrons. The van der Waals surface area contributed by atoms with Crippen LogP contribution in [0.1, 0.15) is 29.9 Å². The SMILES string of the molecule is COc1ccc2[nH]cc([C@@H](CCc3ccccc3)CC(=O)Nc3ccccc3)c2c1. The Balaban J connectivity index is 1.59. The predicted molar refractivity (Wildman–Crippen MR) is 122 cm³/mol. The Hall–Kier alpha value is -3.53. The van der Waals surface area contributed by atoms with Crippen molar-refractivity contribution in [2.24, 2.45) is 0 Å². The normalized spacial score (nSPS) is 11.9. The zero-order valence-electron chi connectivity index (χ0n) is 17.1. The van der Waals surface area contributed by atoms with Crippen molar-refractivity contribution in [1.82, 2.24) is 4.98 Å². The highest BCUT2D eigenvalue weighted by Gasteiger charge is 2.20. The van der Waals surface area contributed by atoms with Crippen LogP contribution in [0.2, 0.25) is 0 Å². The van der Waals surface area contributed by atoms with Crippen molar-refractivity contribution in [2.45, 2.75) is 25.2 Å². The van der Waals surface area contributed by atoms with Crippen LogP contribution in [0.25, 0.3) is 10.9 Å². The largest absolute Gasteiger partial charge is 0.497 e. The molecule has 0 aliphatic heterocycles. The Morgan fingerprint density at radius 3 is 2.47 bits per heavy atom. The number of amides is 1. The molecule has 1 amide bonds. The fraction of sp³-hybridized carbons (Fsp3) is 0.192. The summed E-state index contributed by atoms with van der Waals surface area (Å²) >= 11 is 0. The number of anilines is 1. The second-order valence-corrected chi connectivity index (χ2v) is 7.50. The summed E-state index contributed by atoms with van der Waals surface area (Å²) in [5, 5.41) is 4.14. The zero-order valence-corrected chi connectivity index (χ0v) is 17.1. The minimum absolute atomic E-state index is 0.0245. The van der Waals surface area contributed by atoms with E-state index in [1.807, 2.05) is 60.8 Å². The summed E-state index contributed by atoms with van der Waals surface area (Å²) in [6.45, 7) is 0. The van der Waals surface area contributed by atoms with E-state index in [2.05, 4.69) is 34.6 Å². The zero-order chi connectivity index (χ0) is 20.8. The van der Waals surface area contributed by atoms with Gasteiger partial charge in [0.15, 0.2) is 0 Å². The van der Waals surface area contributed by atoms with E-state index in [9.17, 15) is 4.79 Å². The molecule has 0 aliphatic carbocycles. The van der Waals surface area contributed by atoms with Gasteiger partial charge < -0.3 is 15.0 Å². The van der Waals surface area contributed by atoms with Gasteiger partial charge in [0.2, 0.25) is 5.91 Å². The van der Waals surface area contributed by atoms with Crippen LogP contribution in [0.4, 0.5) is 5.69 Å². The van der Waals surface area contributed by atoms with Crippen LogP contribution in [0.3, 0.4) is 0 Å². The lowest BCUT2D eigenvalue weighted by molar-refractivity contribution is -0.116. The van der Waals surface area contributed by atoms with Crippen LogP contribution in [-0.2, 0) is 11.2 Å². The minimum atomic E-state index is 0.0245. The molecule has 0 unspecified atom stereocenters. The summed E-state index contributed by atoms with van der Waals surface area (Å²) in [6, 6.07) is 26.1. The second-order valence-electron chi connectivity index (χ2n) is 7.50. The Bertz CT molecular complexity index is 1100. The molecule has 4 aromatic rings. The summed E-state index contributed by atoms with van der Waals surface area (Å²) in [5.74, 6) is 0.935. The van der Waals surface area contributed by atoms with Gasteiger partial charge in [-0.1, -0.05) is 48.5 Å². The highest BCUT2D eigenvalue weighted by molar-refractivity contribution is 5.92. The van der Waals surface area contributed by atoms with Crippen LogP contribution in [-0.4, -0.2) is 18.0 Å². The molecule has 1 aromatic heterocycles. The molecule has 0 radical (unpaired) electrons. The van der Waals surface area contributed by atoms with Crippen LogP contribution < -0.4 is 10.1 Å². The third-order valence-corrected chi connectivity index (χ3v) is 5.47. The lowest BCUT2D eigenvalue weighted by Gasteiger charge is -2.17. The van der Waals surface area contributed by atoms with Crippen molar-refractivity contribution >= 4 is 22.5 Å². The lowest BCUT2D eigenvalue weighted by atomic mass is 9.89. The Labute approximate surface area is 176 Å². The number of carbonyl (C=O) groups excluding carboxylic acids is 1. The topological polar surface area (TPSA) is 54.1 Å². The summed E-state index contributed by atoms with van der Waals surface area (Å²) < 4.78 is 5.42. The van der Waals surface area contributed by atoms with E-state index in [1.165, 1.54) is 5.56 Å². The van der Waals surface area contributed by atoms with Crippen LogP contribution in [0.5, 0.6) is 5.75 Å². The molecule has 0 fully saturated rings. The van der Waals surface area contributed by atoms with Gasteiger partial charge in [0.1, 0.15) is 5.75 Å². The Morgan fingerprint density at radius 2 is 1.73 bits per heavy atom. The van der Waals surface area contributed by atoms with E-state index >= 15 is 0 Å². The van der Waals surface area contributed by atoms with Crippen molar-refractivity contribution in [3.8, 4) is 5.75 Å². The molecule has 0 saturated heterocycles. The van der Waals surface area contributed by atoms with Gasteiger partial charge >= 0.3 is 0 Å². The number of fused-ring (bicyclic) bond motifs is 1. The Morgan fingerprint density at radius 1 is 1.00 bits per heavy atom. The number of aryl methyl sites for hydroxylation is 1. The molecule has 4 heteroatoms. The molecule has 2 N–H and O–H groups in total. The highest BCUT2D eigenvalue weighted by atomic mass is 16.5. The lowest BCUT2D eigenvalue weighted by Crippen LogP contribution is -2.16. The number of benzene rings is 3. The first-order valence-electron chi connectivity index (χ1n) is 10.3. The van der Waals surface area contributed by atoms with E-state index in [-0.39, 0.29) is 11.8 Å². The van der Waals surface area contributed by atoms with Crippen LogP contribution in [0, 0.1) is 0 Å². The predicted octanol–water partition coefficient (Wildman–Crippen LogP) is 5.92. The molecular formula is C26H26N2O2. The molecule has 0 saturated carbocycles. The van der Waals surface area contributed by atoms with Gasteiger partial charge in [0, 0.05) is 29.2 Å². The number of para-hydroxylation sites is 1. The number of carbonyl (C=O) groups is 1. The first-order chi connectivity index (χ1) is 14.7. The molecule has 0 spiro atoms. The van der Waals surface area contributed by atoms with E-state index in [4.69, 9.17) is 4.74 Å². The van der Waals surface area contributed by atoms with E-state index < -0.39 is 0 Å². The number of nitrogens with one attached hydrogen (secondary N) is 2. The van der Waals surface area contributed by atoms with Gasteiger partial charge in [0.25, 0.3) is 0 Å². The van der Waals surface area contributed by atoms with Gasteiger partial charge in [-0.3, -0.25) is 4.79 Å². The third kappa shape index (κ3) is 4.71. The van der Waals surface area contributed by atoms with Gasteiger partial charge in [0.05, 0.1) is 7.11 Å². The van der Waals surface area contributed by atoms with Crippen molar-refractivity contribution < 1.29 is 9.53 Å². The number of aromatic amines is 1. The van der Waals surface area contributed by atoms with Crippen molar-refractivity contribution in [3.63, 3.8) is 0 Å². The Kier molecular flexibility index (Phi) is 6.14. The van der Waals surface area contributed by atoms with Gasteiger partial charge in [-0.05, 0) is 60.2 Å². The van der Waals surface area contributed by atoms with E-state index in [1.54, 1.807) is 7.11 Å². The quantitative estimate of drug-likeness (QED) is 0.387. The highest BCUT2D eigenvalue weighted by Crippen LogP contribution is 2.33. The first-order valence-corrected chi connectivity index (χ1v) is 10.3. The van der Waals surface area contributed by atoms with Crippen molar-refractivity contribution in [3.05, 3.63) is 96.2 Å². The fourth-order valence-corrected chi connectivity index (χ4v) is 3.90. The molecule has 0 bridgehead atoms. The summed E-state index contributed by atoms with van der Waals surface area (Å²) in [5.41, 5.74) is 4.32. The smallest absolute Gasteiger partial charge is 0.224 e. The number of ether oxygens (including phenoxy) is 1. The maximum absolute atomic E-state index is 12.8. The fourth-order valence-electron chi connectivity index (χ4n) is 3.90. The summed E-state index contributed by atoms with van der Waals surface area (Å²) in [4.78, 5) is 16.2. The van der Waals surface area contributed by atoms with Gasteiger partial charge in [-0.2, -0.15) is 0 Å². The van der Waals surface area contributed by atoms with E-state index in [0.29, 0.717) is 6.42 Å². The summed E-state index contributed by atoms with van der Waals surface area (Å²) in [7, 11) is 1.67. The molecule has 0 aliphatic rings. The van der Waals surface area contributed by atoms with E-state index in [0.717, 1.165) is 40.7 Å². The minimum Gasteiger partial charge on any atom is -0.497 e.